The van der Waals surface area contributed by atoms with Crippen molar-refractivity contribution in [3.63, 3.8) is 0 Å². The second-order valence-electron chi connectivity index (χ2n) is 5.13. The number of carbonyl (C=O) groups excluding carboxylic acids is 1. The van der Waals surface area contributed by atoms with E-state index in [2.05, 4.69) is 10.1 Å². The van der Waals surface area contributed by atoms with Crippen LogP contribution in [0.2, 0.25) is 5.02 Å². The monoisotopic (exact) mass is 329 g/mol. The minimum absolute atomic E-state index is 0.0389. The van der Waals surface area contributed by atoms with Gasteiger partial charge in [-0.15, -0.1) is 0 Å². The number of hydrogen-bond acceptors (Lipinski definition) is 4. The van der Waals surface area contributed by atoms with Crippen molar-refractivity contribution >= 4 is 34.3 Å². The molecule has 0 unspecified atom stereocenters. The fourth-order valence-electron chi connectivity index (χ4n) is 2.36. The van der Waals surface area contributed by atoms with Crippen LogP contribution in [0.5, 0.6) is 0 Å². The van der Waals surface area contributed by atoms with Crippen LogP contribution in [-0.4, -0.2) is 31.6 Å². The van der Waals surface area contributed by atoms with Crippen molar-refractivity contribution in [1.82, 2.24) is 14.8 Å². The zero-order valence-corrected chi connectivity index (χ0v) is 12.9. The molecule has 2 heterocycles. The Morgan fingerprint density at radius 2 is 2.09 bits per heavy atom. The Kier molecular flexibility index (Phi) is 3.83. The first-order valence-corrected chi connectivity index (χ1v) is 7.17. The Balaban J connectivity index is 1.97. The van der Waals surface area contributed by atoms with Gasteiger partial charge in [-0.3, -0.25) is 14.5 Å². The van der Waals surface area contributed by atoms with Crippen molar-refractivity contribution in [2.45, 2.75) is 13.5 Å². The van der Waals surface area contributed by atoms with Crippen molar-refractivity contribution in [2.75, 3.05) is 0 Å². The van der Waals surface area contributed by atoms with Crippen molar-refractivity contribution in [1.29, 1.82) is 0 Å². The van der Waals surface area contributed by atoms with Crippen LogP contribution in [0.1, 0.15) is 33.3 Å². The van der Waals surface area contributed by atoms with Crippen LogP contribution in [0.25, 0.3) is 10.9 Å². The van der Waals surface area contributed by atoms with Gasteiger partial charge in [-0.2, -0.15) is 5.10 Å². The summed E-state index contributed by atoms with van der Waals surface area (Å²) < 4.78 is 1.44. The molecule has 0 atom stereocenters. The van der Waals surface area contributed by atoms with E-state index in [0.29, 0.717) is 11.6 Å². The first kappa shape index (κ1) is 15.2. The summed E-state index contributed by atoms with van der Waals surface area (Å²) >= 11 is 5.94. The third-order valence-corrected chi connectivity index (χ3v) is 3.59. The molecule has 0 aliphatic carbocycles. The molecule has 116 valence electrons. The average molecular weight is 330 g/mol. The molecule has 0 saturated carbocycles. The quantitative estimate of drug-likeness (QED) is 0.744. The highest BCUT2D eigenvalue weighted by molar-refractivity contribution is 6.31. The number of ketones is 1. The van der Waals surface area contributed by atoms with E-state index in [4.69, 9.17) is 16.7 Å². The smallest absolute Gasteiger partial charge is 0.339 e. The Labute approximate surface area is 136 Å². The minimum atomic E-state index is -1.17. The number of nitrogens with zero attached hydrogens (tertiary/aromatic N) is 3. The Morgan fingerprint density at radius 1 is 1.30 bits per heavy atom. The second kappa shape index (κ2) is 5.81. The molecule has 1 N–H and O–H groups in total. The van der Waals surface area contributed by atoms with E-state index in [0.717, 1.165) is 16.5 Å². The van der Waals surface area contributed by atoms with Crippen LogP contribution in [0.3, 0.4) is 0 Å². The highest BCUT2D eigenvalue weighted by Gasteiger charge is 2.18. The summed E-state index contributed by atoms with van der Waals surface area (Å²) in [6.07, 6.45) is 2.94. The number of Topliss-reactive ketones (excluding diaryl/α,β-unsaturated/α-hetero) is 1. The zero-order valence-electron chi connectivity index (χ0n) is 12.2. The molecule has 23 heavy (non-hydrogen) atoms. The molecular weight excluding hydrogens is 318 g/mol. The summed E-state index contributed by atoms with van der Waals surface area (Å²) in [7, 11) is 0. The molecule has 7 heteroatoms. The van der Waals surface area contributed by atoms with Crippen LogP contribution in [0.15, 0.2) is 36.7 Å². The SMILES string of the molecule is CC(=O)c1nn(Cc2ccc3ncc(Cl)cc3c2)cc1C(=O)O. The van der Waals surface area contributed by atoms with E-state index in [1.54, 1.807) is 12.3 Å². The lowest BCUT2D eigenvalue weighted by Crippen LogP contribution is -2.04. The normalized spacial score (nSPS) is 10.9. The average Bonchev–Trinajstić information content (AvgIpc) is 2.91. The van der Waals surface area contributed by atoms with E-state index >= 15 is 0 Å². The molecular formula is C16H12ClN3O3. The number of carboxylic acids is 1. The first-order chi connectivity index (χ1) is 10.9. The third-order valence-electron chi connectivity index (χ3n) is 3.38. The molecule has 0 radical (unpaired) electrons. The van der Waals surface area contributed by atoms with E-state index in [1.807, 2.05) is 18.2 Å². The van der Waals surface area contributed by atoms with Gasteiger partial charge in [-0.1, -0.05) is 17.7 Å². The lowest BCUT2D eigenvalue weighted by Gasteiger charge is -2.04. The van der Waals surface area contributed by atoms with Gasteiger partial charge in [0.2, 0.25) is 0 Å². The van der Waals surface area contributed by atoms with Gasteiger partial charge in [0.05, 0.1) is 17.1 Å². The van der Waals surface area contributed by atoms with Gasteiger partial charge in [0.25, 0.3) is 0 Å². The van der Waals surface area contributed by atoms with Crippen LogP contribution in [0, 0.1) is 0 Å². The van der Waals surface area contributed by atoms with E-state index in [1.165, 1.54) is 17.8 Å². The van der Waals surface area contributed by atoms with Crippen molar-refractivity contribution in [2.24, 2.45) is 0 Å². The van der Waals surface area contributed by atoms with Gasteiger partial charge >= 0.3 is 5.97 Å². The van der Waals surface area contributed by atoms with Crippen molar-refractivity contribution in [3.05, 3.63) is 58.5 Å². The first-order valence-electron chi connectivity index (χ1n) is 6.80. The summed E-state index contributed by atoms with van der Waals surface area (Å²) in [5.41, 5.74) is 1.58. The number of rotatable bonds is 4. The Morgan fingerprint density at radius 3 is 2.74 bits per heavy atom. The number of carboxylic acid groups (broad SMARTS) is 1. The summed E-state index contributed by atoms with van der Waals surface area (Å²) in [6, 6.07) is 7.44. The maximum Gasteiger partial charge on any atom is 0.339 e. The topological polar surface area (TPSA) is 85.1 Å². The molecule has 3 rings (SSSR count). The number of hydrogen-bond donors (Lipinski definition) is 1. The van der Waals surface area contributed by atoms with E-state index in [-0.39, 0.29) is 17.0 Å². The predicted octanol–water partition coefficient (Wildman–Crippen LogP) is 3.03. The molecule has 0 bridgehead atoms. The van der Waals surface area contributed by atoms with Crippen molar-refractivity contribution in [3.8, 4) is 0 Å². The number of pyridine rings is 1. The molecule has 1 aromatic carbocycles. The van der Waals surface area contributed by atoms with Crippen LogP contribution in [0.4, 0.5) is 0 Å². The van der Waals surface area contributed by atoms with Crippen molar-refractivity contribution < 1.29 is 14.7 Å². The van der Waals surface area contributed by atoms with Gasteiger partial charge in [0.15, 0.2) is 5.78 Å². The van der Waals surface area contributed by atoms with Gasteiger partial charge in [-0.05, 0) is 23.8 Å². The molecule has 3 aromatic rings. The molecule has 0 aliphatic heterocycles. The number of aromatic carboxylic acids is 1. The van der Waals surface area contributed by atoms with Gasteiger partial charge in [0, 0.05) is 24.7 Å². The lowest BCUT2D eigenvalue weighted by molar-refractivity contribution is 0.0692. The fraction of sp³-hybridized carbons (Fsp3) is 0.125. The van der Waals surface area contributed by atoms with Gasteiger partial charge in [-0.25, -0.2) is 4.79 Å². The summed E-state index contributed by atoms with van der Waals surface area (Å²) in [5.74, 6) is -1.55. The van der Waals surface area contributed by atoms with Gasteiger partial charge in [0.1, 0.15) is 11.3 Å². The third kappa shape index (κ3) is 3.07. The Bertz CT molecular complexity index is 902. The summed E-state index contributed by atoms with van der Waals surface area (Å²) in [6.45, 7) is 1.64. The number of carbonyl (C=O) groups is 2. The van der Waals surface area contributed by atoms with Crippen LogP contribution >= 0.6 is 11.6 Å². The van der Waals surface area contributed by atoms with Crippen LogP contribution < -0.4 is 0 Å². The zero-order chi connectivity index (χ0) is 16.6. The van der Waals surface area contributed by atoms with E-state index < -0.39 is 5.97 Å². The summed E-state index contributed by atoms with van der Waals surface area (Å²) in [5, 5.41) is 14.6. The molecule has 6 nitrogen and oxygen atoms in total. The number of benzene rings is 1. The number of fused-ring (bicyclic) bond motifs is 1. The van der Waals surface area contributed by atoms with E-state index in [9.17, 15) is 9.59 Å². The number of halogens is 1. The van der Waals surface area contributed by atoms with Gasteiger partial charge < -0.3 is 5.11 Å². The number of aromatic nitrogens is 3. The summed E-state index contributed by atoms with van der Waals surface area (Å²) in [4.78, 5) is 26.9. The molecule has 0 saturated heterocycles. The molecule has 0 fully saturated rings. The molecule has 0 amide bonds. The highest BCUT2D eigenvalue weighted by atomic mass is 35.5. The lowest BCUT2D eigenvalue weighted by atomic mass is 10.1. The maximum atomic E-state index is 11.5. The van der Waals surface area contributed by atoms with Crippen LogP contribution in [-0.2, 0) is 6.54 Å². The second-order valence-corrected chi connectivity index (χ2v) is 5.57. The molecule has 0 spiro atoms. The molecule has 0 aliphatic rings. The Hall–Kier alpha value is -2.73. The highest BCUT2D eigenvalue weighted by Crippen LogP contribution is 2.19. The predicted molar refractivity (Wildman–Crippen MR) is 85.0 cm³/mol. The largest absolute Gasteiger partial charge is 0.478 e. The molecule has 2 aromatic heterocycles. The fourth-order valence-corrected chi connectivity index (χ4v) is 2.52. The standard InChI is InChI=1S/C16H12ClN3O3/c1-9(21)15-13(16(22)23)8-20(19-15)7-10-2-3-14-11(4-10)5-12(17)6-18-14/h2-6,8H,7H2,1H3,(H,22,23). The maximum absolute atomic E-state index is 11.5. The minimum Gasteiger partial charge on any atom is -0.478 e.